The lowest BCUT2D eigenvalue weighted by Gasteiger charge is -2.31. The molecule has 2 N–H and O–H groups in total. The molecule has 0 aliphatic carbocycles. The van der Waals surface area contributed by atoms with Gasteiger partial charge in [0.25, 0.3) is 0 Å². The molecule has 1 saturated heterocycles. The van der Waals surface area contributed by atoms with Gasteiger partial charge in [0.2, 0.25) is 0 Å². The van der Waals surface area contributed by atoms with Crippen molar-refractivity contribution in [2.75, 3.05) is 31.6 Å². The number of guanidine groups is 1. The van der Waals surface area contributed by atoms with Crippen molar-refractivity contribution in [2.45, 2.75) is 32.7 Å². The van der Waals surface area contributed by atoms with Crippen molar-refractivity contribution in [3.05, 3.63) is 48.0 Å². The summed E-state index contributed by atoms with van der Waals surface area (Å²) in [6.45, 7) is 6.02. The predicted molar refractivity (Wildman–Crippen MR) is 105 cm³/mol. The first-order valence-electron chi connectivity index (χ1n) is 9.41. The van der Waals surface area contributed by atoms with Crippen LogP contribution in [0.5, 0.6) is 0 Å². The molecule has 0 aromatic carbocycles. The number of nitrogens with one attached hydrogen (secondary N) is 2. The fourth-order valence-electron chi connectivity index (χ4n) is 3.11. The van der Waals surface area contributed by atoms with Crippen molar-refractivity contribution in [3.63, 3.8) is 0 Å². The van der Waals surface area contributed by atoms with Crippen molar-refractivity contribution in [3.8, 4) is 0 Å². The van der Waals surface area contributed by atoms with Crippen LogP contribution in [0.2, 0.25) is 0 Å². The SMILES string of the molecule is CN=C(NCCc1ccco1)NCc1ccc(N2CCC(C)CC2)nc1. The van der Waals surface area contributed by atoms with Crippen LogP contribution in [0.4, 0.5) is 5.82 Å². The number of rotatable bonds is 6. The first kappa shape index (κ1) is 18.3. The van der Waals surface area contributed by atoms with Gasteiger partial charge in [0.05, 0.1) is 6.26 Å². The van der Waals surface area contributed by atoms with Crippen LogP contribution in [0, 0.1) is 5.92 Å². The molecule has 1 aliphatic heterocycles. The molecule has 0 bridgehead atoms. The molecular weight excluding hydrogens is 326 g/mol. The number of aliphatic imine (C=N–C) groups is 1. The third kappa shape index (κ3) is 5.25. The van der Waals surface area contributed by atoms with Gasteiger partial charge >= 0.3 is 0 Å². The Bertz CT molecular complexity index is 673. The van der Waals surface area contributed by atoms with E-state index in [0.717, 1.165) is 55.1 Å². The number of hydrogen-bond acceptors (Lipinski definition) is 4. The monoisotopic (exact) mass is 355 g/mol. The van der Waals surface area contributed by atoms with E-state index in [1.807, 2.05) is 18.3 Å². The average Bonchev–Trinajstić information content (AvgIpc) is 3.19. The number of aromatic nitrogens is 1. The van der Waals surface area contributed by atoms with E-state index in [1.54, 1.807) is 13.3 Å². The van der Waals surface area contributed by atoms with E-state index < -0.39 is 0 Å². The van der Waals surface area contributed by atoms with E-state index in [1.165, 1.54) is 12.8 Å². The molecule has 6 heteroatoms. The highest BCUT2D eigenvalue weighted by Gasteiger charge is 2.16. The lowest BCUT2D eigenvalue weighted by molar-refractivity contribution is 0.436. The Morgan fingerprint density at radius 3 is 2.77 bits per heavy atom. The van der Waals surface area contributed by atoms with Crippen molar-refractivity contribution in [1.82, 2.24) is 15.6 Å². The van der Waals surface area contributed by atoms with E-state index in [9.17, 15) is 0 Å². The Kier molecular flexibility index (Phi) is 6.52. The van der Waals surface area contributed by atoms with Crippen molar-refractivity contribution in [2.24, 2.45) is 10.9 Å². The number of hydrogen-bond donors (Lipinski definition) is 2. The maximum Gasteiger partial charge on any atom is 0.191 e. The number of nitrogens with zero attached hydrogens (tertiary/aromatic N) is 3. The third-order valence-electron chi connectivity index (χ3n) is 4.84. The van der Waals surface area contributed by atoms with Gasteiger partial charge in [-0.3, -0.25) is 4.99 Å². The van der Waals surface area contributed by atoms with Crippen LogP contribution in [-0.4, -0.2) is 37.6 Å². The van der Waals surface area contributed by atoms with Gasteiger partial charge in [0, 0.05) is 45.8 Å². The molecule has 2 aromatic heterocycles. The number of furan rings is 1. The van der Waals surface area contributed by atoms with E-state index >= 15 is 0 Å². The molecule has 1 aliphatic rings. The number of anilines is 1. The fourth-order valence-corrected chi connectivity index (χ4v) is 3.11. The molecule has 0 atom stereocenters. The Balaban J connectivity index is 1.43. The highest BCUT2D eigenvalue weighted by molar-refractivity contribution is 5.79. The van der Waals surface area contributed by atoms with Crippen LogP contribution < -0.4 is 15.5 Å². The van der Waals surface area contributed by atoms with Gasteiger partial charge in [0.1, 0.15) is 11.6 Å². The Hall–Kier alpha value is -2.50. The first-order chi connectivity index (χ1) is 12.7. The summed E-state index contributed by atoms with van der Waals surface area (Å²) in [6.07, 6.45) is 6.99. The minimum absolute atomic E-state index is 0.699. The lowest BCUT2D eigenvalue weighted by Crippen LogP contribution is -2.37. The molecule has 1 fully saturated rings. The molecule has 0 radical (unpaired) electrons. The van der Waals surface area contributed by atoms with Crippen molar-refractivity contribution >= 4 is 11.8 Å². The smallest absolute Gasteiger partial charge is 0.191 e. The fraction of sp³-hybridized carbons (Fsp3) is 0.500. The minimum atomic E-state index is 0.699. The maximum atomic E-state index is 5.33. The summed E-state index contributed by atoms with van der Waals surface area (Å²) in [4.78, 5) is 11.3. The Morgan fingerprint density at radius 2 is 2.12 bits per heavy atom. The molecule has 3 rings (SSSR count). The molecule has 140 valence electrons. The quantitative estimate of drug-likeness (QED) is 0.616. The third-order valence-corrected chi connectivity index (χ3v) is 4.84. The molecule has 6 nitrogen and oxygen atoms in total. The van der Waals surface area contributed by atoms with E-state index in [4.69, 9.17) is 4.42 Å². The first-order valence-corrected chi connectivity index (χ1v) is 9.41. The van der Waals surface area contributed by atoms with Gasteiger partial charge in [-0.2, -0.15) is 0 Å². The number of pyridine rings is 1. The zero-order valence-corrected chi connectivity index (χ0v) is 15.7. The molecule has 3 heterocycles. The molecule has 0 amide bonds. The van der Waals surface area contributed by atoms with Crippen LogP contribution in [0.1, 0.15) is 31.1 Å². The average molecular weight is 355 g/mol. The molecule has 0 saturated carbocycles. The van der Waals surface area contributed by atoms with Gasteiger partial charge in [-0.05, 0) is 42.5 Å². The highest BCUT2D eigenvalue weighted by Crippen LogP contribution is 2.21. The number of piperidine rings is 1. The van der Waals surface area contributed by atoms with E-state index in [-0.39, 0.29) is 0 Å². The lowest BCUT2D eigenvalue weighted by atomic mass is 9.99. The largest absolute Gasteiger partial charge is 0.469 e. The van der Waals surface area contributed by atoms with E-state index in [0.29, 0.717) is 6.54 Å². The molecule has 26 heavy (non-hydrogen) atoms. The summed E-state index contributed by atoms with van der Waals surface area (Å²) in [5.74, 6) is 3.67. The Morgan fingerprint density at radius 1 is 1.27 bits per heavy atom. The van der Waals surface area contributed by atoms with Gasteiger partial charge in [0.15, 0.2) is 5.96 Å². The molecule has 2 aromatic rings. The summed E-state index contributed by atoms with van der Waals surface area (Å²) in [5, 5.41) is 6.62. The second kappa shape index (κ2) is 9.27. The van der Waals surface area contributed by atoms with Gasteiger partial charge in [-0.1, -0.05) is 13.0 Å². The molecule has 0 unspecified atom stereocenters. The second-order valence-corrected chi connectivity index (χ2v) is 6.88. The van der Waals surface area contributed by atoms with Crippen LogP contribution in [-0.2, 0) is 13.0 Å². The zero-order valence-electron chi connectivity index (χ0n) is 15.7. The van der Waals surface area contributed by atoms with Crippen molar-refractivity contribution < 1.29 is 4.42 Å². The normalized spacial score (nSPS) is 15.9. The second-order valence-electron chi connectivity index (χ2n) is 6.88. The van der Waals surface area contributed by atoms with Crippen LogP contribution in [0.25, 0.3) is 0 Å². The molecular formula is C20H29N5O. The van der Waals surface area contributed by atoms with Gasteiger partial charge in [-0.25, -0.2) is 4.98 Å². The Labute approximate surface area is 155 Å². The van der Waals surface area contributed by atoms with Gasteiger partial charge in [-0.15, -0.1) is 0 Å². The summed E-state index contributed by atoms with van der Waals surface area (Å²) < 4.78 is 5.33. The molecule has 0 spiro atoms. The topological polar surface area (TPSA) is 65.7 Å². The predicted octanol–water partition coefficient (Wildman–Crippen LogP) is 2.82. The standard InChI is InChI=1S/C20H29N5O/c1-16-8-11-25(12-9-16)19-6-5-17(14-23-19)15-24-20(21-2)22-10-7-18-4-3-13-26-18/h3-6,13-14,16H,7-12,15H2,1-2H3,(H2,21,22,24). The maximum absolute atomic E-state index is 5.33. The van der Waals surface area contributed by atoms with Crippen LogP contribution in [0.3, 0.4) is 0 Å². The minimum Gasteiger partial charge on any atom is -0.469 e. The van der Waals surface area contributed by atoms with Crippen LogP contribution in [0.15, 0.2) is 46.1 Å². The van der Waals surface area contributed by atoms with Crippen molar-refractivity contribution in [1.29, 1.82) is 0 Å². The summed E-state index contributed by atoms with van der Waals surface area (Å²) in [5.41, 5.74) is 1.15. The summed E-state index contributed by atoms with van der Waals surface area (Å²) in [7, 11) is 1.78. The van der Waals surface area contributed by atoms with E-state index in [2.05, 4.69) is 44.6 Å². The van der Waals surface area contributed by atoms with Gasteiger partial charge < -0.3 is 20.0 Å². The highest BCUT2D eigenvalue weighted by atomic mass is 16.3. The van der Waals surface area contributed by atoms with Crippen LogP contribution >= 0.6 is 0 Å². The summed E-state index contributed by atoms with van der Waals surface area (Å²) >= 11 is 0. The summed E-state index contributed by atoms with van der Waals surface area (Å²) in [6, 6.07) is 8.15. The zero-order chi connectivity index (χ0) is 18.2.